The number of furan rings is 1. The molecule has 1 unspecified atom stereocenters. The van der Waals surface area contributed by atoms with E-state index in [4.69, 9.17) is 14.4 Å². The van der Waals surface area contributed by atoms with E-state index in [-0.39, 0.29) is 6.17 Å². The molecule has 4 nitrogen and oxygen atoms in total. The van der Waals surface area contributed by atoms with Gasteiger partial charge in [-0.3, -0.25) is 0 Å². The highest BCUT2D eigenvalue weighted by Gasteiger charge is 2.26. The summed E-state index contributed by atoms with van der Waals surface area (Å²) < 4.78 is 11.7. The number of nitrogens with zero attached hydrogens (tertiary/aromatic N) is 2. The van der Waals surface area contributed by atoms with Gasteiger partial charge in [-0.25, -0.2) is 9.98 Å². The molecule has 12 rings (SSSR count). The summed E-state index contributed by atoms with van der Waals surface area (Å²) in [4.78, 5) is 10.8. The lowest BCUT2D eigenvalue weighted by Crippen LogP contribution is -2.33. The number of fused-ring (bicyclic) bond motifs is 9. The summed E-state index contributed by atoms with van der Waals surface area (Å²) in [5, 5.41) is 10.9. The van der Waals surface area contributed by atoms with Gasteiger partial charge < -0.3 is 9.73 Å². The fraction of sp³-hybridized carbons (Fsp3) is 0.0196. The zero-order chi connectivity index (χ0) is 37.5. The van der Waals surface area contributed by atoms with Gasteiger partial charge in [0.25, 0.3) is 0 Å². The number of hydrogen-bond donors (Lipinski definition) is 1. The zero-order valence-electron chi connectivity index (χ0n) is 30.4. The zero-order valence-corrected chi connectivity index (χ0v) is 32.1. The SMILES string of the molecule is c1ccc(-c2ccc(C3N=C(c4cccc5sc6ccccc6c45)N=C(c4cccc5oc6cccc(-c7cccc8sc9ccccc9c78)c6c45)N3)cc2)cc1. The Balaban J connectivity index is 1.08. The predicted octanol–water partition coefficient (Wildman–Crippen LogP) is 14.2. The Labute approximate surface area is 335 Å². The molecule has 268 valence electrons. The van der Waals surface area contributed by atoms with Crippen LogP contribution in [0.2, 0.25) is 0 Å². The minimum atomic E-state index is -0.378. The van der Waals surface area contributed by atoms with E-state index in [9.17, 15) is 0 Å². The van der Waals surface area contributed by atoms with Crippen LogP contribution in [0.15, 0.2) is 190 Å². The third-order valence-electron chi connectivity index (χ3n) is 11.2. The van der Waals surface area contributed by atoms with Crippen LogP contribution < -0.4 is 5.32 Å². The van der Waals surface area contributed by atoms with E-state index in [1.54, 1.807) is 0 Å². The van der Waals surface area contributed by atoms with Crippen LogP contribution in [0, 0.1) is 0 Å². The molecule has 0 spiro atoms. The summed E-state index contributed by atoms with van der Waals surface area (Å²) in [6, 6.07) is 62.4. The molecule has 8 aromatic carbocycles. The van der Waals surface area contributed by atoms with Crippen LogP contribution in [0.5, 0.6) is 0 Å². The molecule has 1 aliphatic rings. The van der Waals surface area contributed by atoms with E-state index in [1.165, 1.54) is 57.0 Å². The first-order valence-corrected chi connectivity index (χ1v) is 20.7. The fourth-order valence-corrected chi connectivity index (χ4v) is 10.9. The smallest absolute Gasteiger partial charge is 0.160 e. The maximum Gasteiger partial charge on any atom is 0.160 e. The van der Waals surface area contributed by atoms with Gasteiger partial charge in [-0.05, 0) is 64.2 Å². The molecule has 3 aromatic heterocycles. The normalized spacial score (nSPS) is 14.5. The molecule has 11 aromatic rings. The maximum atomic E-state index is 6.69. The summed E-state index contributed by atoms with van der Waals surface area (Å²) in [6.45, 7) is 0. The average molecular weight is 766 g/mol. The van der Waals surface area contributed by atoms with E-state index in [0.717, 1.165) is 50.0 Å². The summed E-state index contributed by atoms with van der Waals surface area (Å²) >= 11 is 3.65. The number of nitrogens with one attached hydrogen (secondary N) is 1. The molecule has 0 fully saturated rings. The van der Waals surface area contributed by atoms with Gasteiger partial charge in [0.15, 0.2) is 5.84 Å². The average Bonchev–Trinajstić information content (AvgIpc) is 3.98. The van der Waals surface area contributed by atoms with Crippen molar-refractivity contribution in [2.75, 3.05) is 0 Å². The Morgan fingerprint density at radius 3 is 1.61 bits per heavy atom. The first-order chi connectivity index (χ1) is 28.2. The quantitative estimate of drug-likeness (QED) is 0.190. The van der Waals surface area contributed by atoms with Gasteiger partial charge in [-0.15, -0.1) is 22.7 Å². The van der Waals surface area contributed by atoms with Crippen LogP contribution in [0.4, 0.5) is 0 Å². The number of amidine groups is 2. The minimum Gasteiger partial charge on any atom is -0.456 e. The number of rotatable bonds is 5. The summed E-state index contributed by atoms with van der Waals surface area (Å²) in [7, 11) is 0. The van der Waals surface area contributed by atoms with Gasteiger partial charge >= 0.3 is 0 Å². The molecule has 0 radical (unpaired) electrons. The molecule has 6 heteroatoms. The Morgan fingerprint density at radius 1 is 0.421 bits per heavy atom. The van der Waals surface area contributed by atoms with Crippen molar-refractivity contribution in [2.45, 2.75) is 6.17 Å². The summed E-state index contributed by atoms with van der Waals surface area (Å²) in [5.41, 5.74) is 9.41. The molecule has 0 amide bonds. The largest absolute Gasteiger partial charge is 0.456 e. The highest BCUT2D eigenvalue weighted by atomic mass is 32.1. The van der Waals surface area contributed by atoms with Crippen molar-refractivity contribution in [1.82, 2.24) is 5.32 Å². The second-order valence-corrected chi connectivity index (χ2v) is 16.6. The number of thiophene rings is 2. The molecule has 4 heterocycles. The molecule has 57 heavy (non-hydrogen) atoms. The van der Waals surface area contributed by atoms with Crippen LogP contribution in [0.25, 0.3) is 84.5 Å². The summed E-state index contributed by atoms with van der Waals surface area (Å²) in [5.74, 6) is 1.46. The van der Waals surface area contributed by atoms with Gasteiger partial charge in [0.1, 0.15) is 23.2 Å². The third-order valence-corrected chi connectivity index (χ3v) is 13.5. The van der Waals surface area contributed by atoms with Crippen molar-refractivity contribution < 1.29 is 4.42 Å². The van der Waals surface area contributed by atoms with Crippen LogP contribution in [0.3, 0.4) is 0 Å². The van der Waals surface area contributed by atoms with Crippen molar-refractivity contribution in [2.24, 2.45) is 9.98 Å². The molecule has 0 saturated heterocycles. The molecule has 1 aliphatic heterocycles. The minimum absolute atomic E-state index is 0.378. The van der Waals surface area contributed by atoms with Gasteiger partial charge in [-0.2, -0.15) is 0 Å². The van der Waals surface area contributed by atoms with Crippen molar-refractivity contribution in [1.29, 1.82) is 0 Å². The second-order valence-electron chi connectivity index (χ2n) is 14.5. The van der Waals surface area contributed by atoms with Crippen LogP contribution in [0.1, 0.15) is 22.9 Å². The third kappa shape index (κ3) is 5.18. The number of aliphatic imine (C=N–C) groups is 2. The standard InChI is InChI=1S/C51H31N3OS2/c1-2-12-30(13-3-1)31-26-28-32(29-27-31)49-52-50(37-19-11-25-44-46(37)36-15-5-7-23-42(36)57-44)54-51(53-49)38-18-9-21-40-48(38)47-34(16-8-20-39(47)55-40)33-17-10-24-43-45(33)35-14-4-6-22-41(35)56-43/h1-29,49H,(H,52,53,54). The highest BCUT2D eigenvalue weighted by Crippen LogP contribution is 2.45. The van der Waals surface area contributed by atoms with Crippen LogP contribution in [-0.4, -0.2) is 11.7 Å². The van der Waals surface area contributed by atoms with Crippen molar-refractivity contribution >= 4 is 96.6 Å². The molecule has 0 aliphatic carbocycles. The highest BCUT2D eigenvalue weighted by molar-refractivity contribution is 7.26. The van der Waals surface area contributed by atoms with E-state index in [1.807, 2.05) is 22.7 Å². The topological polar surface area (TPSA) is 49.9 Å². The lowest BCUT2D eigenvalue weighted by atomic mass is 9.94. The lowest BCUT2D eigenvalue weighted by Gasteiger charge is -2.24. The lowest BCUT2D eigenvalue weighted by molar-refractivity contribution is 0.668. The Kier molecular flexibility index (Phi) is 7.30. The Hall–Kier alpha value is -6.86. The molecule has 0 bridgehead atoms. The predicted molar refractivity (Wildman–Crippen MR) is 242 cm³/mol. The Bertz CT molecular complexity index is 3440. The molecule has 1 N–H and O–H groups in total. The maximum absolute atomic E-state index is 6.69. The van der Waals surface area contributed by atoms with Crippen molar-refractivity contribution in [3.05, 3.63) is 193 Å². The van der Waals surface area contributed by atoms with Crippen LogP contribution in [-0.2, 0) is 0 Å². The fourth-order valence-electron chi connectivity index (χ4n) is 8.61. The number of hydrogen-bond acceptors (Lipinski definition) is 6. The van der Waals surface area contributed by atoms with E-state index in [0.29, 0.717) is 5.84 Å². The number of benzene rings is 8. The monoisotopic (exact) mass is 765 g/mol. The second kappa shape index (κ2) is 12.8. The van der Waals surface area contributed by atoms with Crippen LogP contribution >= 0.6 is 22.7 Å². The summed E-state index contributed by atoms with van der Waals surface area (Å²) in [6.07, 6.45) is -0.378. The molecular formula is C51H31N3OS2. The first kappa shape index (κ1) is 32.4. The van der Waals surface area contributed by atoms with E-state index in [2.05, 4.69) is 181 Å². The van der Waals surface area contributed by atoms with Crippen molar-refractivity contribution in [3.8, 4) is 22.3 Å². The Morgan fingerprint density at radius 2 is 0.930 bits per heavy atom. The van der Waals surface area contributed by atoms with E-state index < -0.39 is 0 Å². The molecule has 0 saturated carbocycles. The van der Waals surface area contributed by atoms with Gasteiger partial charge in [0.05, 0.1) is 0 Å². The van der Waals surface area contributed by atoms with Gasteiger partial charge in [0.2, 0.25) is 0 Å². The van der Waals surface area contributed by atoms with E-state index >= 15 is 0 Å². The molecule has 1 atom stereocenters. The first-order valence-electron chi connectivity index (χ1n) is 19.1. The van der Waals surface area contributed by atoms with Gasteiger partial charge in [0, 0.05) is 62.2 Å². The molecular weight excluding hydrogens is 735 g/mol. The van der Waals surface area contributed by atoms with Gasteiger partial charge in [-0.1, -0.05) is 140 Å². The van der Waals surface area contributed by atoms with Crippen molar-refractivity contribution in [3.63, 3.8) is 0 Å².